The topological polar surface area (TPSA) is 56.7 Å². The molecule has 2 N–H and O–H groups in total. The Labute approximate surface area is 134 Å². The minimum absolute atomic E-state index is 0.606. The van der Waals surface area contributed by atoms with Gasteiger partial charge in [-0.15, -0.1) is 0 Å². The number of aromatic nitrogens is 3. The molecule has 2 aromatic heterocycles. The number of rotatable bonds is 5. The SMILES string of the molecule is Cc1ccc(-c2nc3cc(Cl)cnc3n2CCCCN)cc1. The smallest absolute Gasteiger partial charge is 0.160 e. The lowest BCUT2D eigenvalue weighted by atomic mass is 10.1. The summed E-state index contributed by atoms with van der Waals surface area (Å²) in [6, 6.07) is 10.2. The molecule has 4 nitrogen and oxygen atoms in total. The predicted molar refractivity (Wildman–Crippen MR) is 91.0 cm³/mol. The summed E-state index contributed by atoms with van der Waals surface area (Å²) in [6.07, 6.45) is 3.66. The normalized spacial score (nSPS) is 11.2. The van der Waals surface area contributed by atoms with Crippen molar-refractivity contribution in [1.82, 2.24) is 14.5 Å². The van der Waals surface area contributed by atoms with Gasteiger partial charge in [0.2, 0.25) is 0 Å². The molecule has 0 fully saturated rings. The van der Waals surface area contributed by atoms with Crippen LogP contribution in [0.15, 0.2) is 36.5 Å². The van der Waals surface area contributed by atoms with E-state index in [4.69, 9.17) is 22.3 Å². The van der Waals surface area contributed by atoms with Crippen molar-refractivity contribution in [3.8, 4) is 11.4 Å². The van der Waals surface area contributed by atoms with Crippen LogP contribution >= 0.6 is 11.6 Å². The molecule has 3 aromatic rings. The molecule has 1 aromatic carbocycles. The zero-order valence-electron chi connectivity index (χ0n) is 12.6. The maximum atomic E-state index is 6.05. The van der Waals surface area contributed by atoms with Gasteiger partial charge in [0.1, 0.15) is 11.3 Å². The number of hydrogen-bond acceptors (Lipinski definition) is 3. The molecule has 0 saturated carbocycles. The number of unbranched alkanes of at least 4 members (excludes halogenated alkanes) is 1. The van der Waals surface area contributed by atoms with Gasteiger partial charge in [-0.25, -0.2) is 9.97 Å². The van der Waals surface area contributed by atoms with E-state index in [0.29, 0.717) is 11.6 Å². The van der Waals surface area contributed by atoms with Crippen LogP contribution in [0, 0.1) is 6.92 Å². The molecular formula is C17H19ClN4. The number of nitrogens with zero attached hydrogens (tertiary/aromatic N) is 3. The first kappa shape index (κ1) is 15.0. The highest BCUT2D eigenvalue weighted by atomic mass is 35.5. The first-order chi connectivity index (χ1) is 10.7. The van der Waals surface area contributed by atoms with Gasteiger partial charge < -0.3 is 10.3 Å². The fourth-order valence-corrected chi connectivity index (χ4v) is 2.69. The Bertz CT molecular complexity index is 777. The molecule has 0 atom stereocenters. The summed E-state index contributed by atoms with van der Waals surface area (Å²) in [6.45, 7) is 3.63. The van der Waals surface area contributed by atoms with Crippen LogP contribution < -0.4 is 5.73 Å². The molecule has 0 spiro atoms. The second kappa shape index (κ2) is 6.46. The van der Waals surface area contributed by atoms with Crippen molar-refractivity contribution >= 4 is 22.8 Å². The maximum Gasteiger partial charge on any atom is 0.160 e. The van der Waals surface area contributed by atoms with E-state index in [-0.39, 0.29) is 0 Å². The molecule has 0 aliphatic heterocycles. The van der Waals surface area contributed by atoms with E-state index in [0.717, 1.165) is 41.9 Å². The maximum absolute atomic E-state index is 6.05. The summed E-state index contributed by atoms with van der Waals surface area (Å²) in [5.74, 6) is 0.932. The Morgan fingerprint density at radius 2 is 1.95 bits per heavy atom. The fraction of sp³-hybridized carbons (Fsp3) is 0.294. The van der Waals surface area contributed by atoms with Crippen LogP contribution in [-0.2, 0) is 6.54 Å². The molecular weight excluding hydrogens is 296 g/mol. The number of nitrogens with two attached hydrogens (primary N) is 1. The first-order valence-corrected chi connectivity index (χ1v) is 7.86. The molecule has 114 valence electrons. The second-order valence-corrected chi connectivity index (χ2v) is 5.88. The van der Waals surface area contributed by atoms with Crippen molar-refractivity contribution < 1.29 is 0 Å². The summed E-state index contributed by atoms with van der Waals surface area (Å²) in [7, 11) is 0. The third-order valence-corrected chi connectivity index (χ3v) is 3.90. The largest absolute Gasteiger partial charge is 0.330 e. The summed E-state index contributed by atoms with van der Waals surface area (Å²) < 4.78 is 2.16. The van der Waals surface area contributed by atoms with Crippen molar-refractivity contribution in [2.45, 2.75) is 26.3 Å². The van der Waals surface area contributed by atoms with E-state index in [1.54, 1.807) is 6.20 Å². The summed E-state index contributed by atoms with van der Waals surface area (Å²) in [4.78, 5) is 9.20. The van der Waals surface area contributed by atoms with Crippen LogP contribution in [0.4, 0.5) is 0 Å². The number of benzene rings is 1. The minimum atomic E-state index is 0.606. The van der Waals surface area contributed by atoms with Crippen LogP contribution in [0.3, 0.4) is 0 Å². The second-order valence-electron chi connectivity index (χ2n) is 5.45. The van der Waals surface area contributed by atoms with Gasteiger partial charge in [0.05, 0.1) is 5.02 Å². The van der Waals surface area contributed by atoms with Crippen molar-refractivity contribution in [2.75, 3.05) is 6.54 Å². The van der Waals surface area contributed by atoms with Gasteiger partial charge in [-0.3, -0.25) is 0 Å². The molecule has 0 bridgehead atoms. The Morgan fingerprint density at radius 1 is 1.18 bits per heavy atom. The van der Waals surface area contributed by atoms with Crippen LogP contribution in [0.2, 0.25) is 5.02 Å². The van der Waals surface area contributed by atoms with Gasteiger partial charge in [0.15, 0.2) is 5.65 Å². The monoisotopic (exact) mass is 314 g/mol. The standard InChI is InChI=1S/C17H19ClN4/c1-12-4-6-13(7-5-12)16-21-15-10-14(18)11-20-17(15)22(16)9-3-2-8-19/h4-7,10-11H,2-3,8-9,19H2,1H3. The Hall–Kier alpha value is -1.91. The third kappa shape index (κ3) is 2.98. The van der Waals surface area contributed by atoms with Crippen LogP contribution in [0.1, 0.15) is 18.4 Å². The summed E-state index contributed by atoms with van der Waals surface area (Å²) in [5.41, 5.74) is 9.63. The van der Waals surface area contributed by atoms with E-state index in [2.05, 4.69) is 40.7 Å². The Morgan fingerprint density at radius 3 is 2.68 bits per heavy atom. The average Bonchev–Trinajstić information content (AvgIpc) is 2.86. The fourth-order valence-electron chi connectivity index (χ4n) is 2.54. The van der Waals surface area contributed by atoms with E-state index in [1.807, 2.05) is 6.07 Å². The minimum Gasteiger partial charge on any atom is -0.330 e. The van der Waals surface area contributed by atoms with Gasteiger partial charge in [0.25, 0.3) is 0 Å². The summed E-state index contributed by atoms with van der Waals surface area (Å²) >= 11 is 6.05. The van der Waals surface area contributed by atoms with Gasteiger partial charge in [-0.05, 0) is 32.4 Å². The van der Waals surface area contributed by atoms with Crippen LogP contribution in [-0.4, -0.2) is 21.1 Å². The number of pyridine rings is 1. The number of fused-ring (bicyclic) bond motifs is 1. The lowest BCUT2D eigenvalue weighted by molar-refractivity contribution is 0.628. The van der Waals surface area contributed by atoms with Gasteiger partial charge in [0, 0.05) is 18.3 Å². The molecule has 0 aliphatic rings. The molecule has 2 heterocycles. The number of hydrogen-bond donors (Lipinski definition) is 1. The van der Waals surface area contributed by atoms with Gasteiger partial charge in [-0.1, -0.05) is 41.4 Å². The molecule has 0 amide bonds. The molecule has 0 aliphatic carbocycles. The Balaban J connectivity index is 2.10. The highest BCUT2D eigenvalue weighted by Gasteiger charge is 2.13. The molecule has 0 unspecified atom stereocenters. The van der Waals surface area contributed by atoms with E-state index >= 15 is 0 Å². The molecule has 22 heavy (non-hydrogen) atoms. The van der Waals surface area contributed by atoms with Crippen molar-refractivity contribution in [2.24, 2.45) is 5.73 Å². The van der Waals surface area contributed by atoms with Crippen molar-refractivity contribution in [3.05, 3.63) is 47.1 Å². The highest BCUT2D eigenvalue weighted by Crippen LogP contribution is 2.26. The molecule has 3 rings (SSSR count). The molecule has 5 heteroatoms. The number of aryl methyl sites for hydroxylation is 2. The van der Waals surface area contributed by atoms with E-state index < -0.39 is 0 Å². The lowest BCUT2D eigenvalue weighted by Crippen LogP contribution is -2.05. The average molecular weight is 315 g/mol. The van der Waals surface area contributed by atoms with Crippen LogP contribution in [0.5, 0.6) is 0 Å². The summed E-state index contributed by atoms with van der Waals surface area (Å²) in [5, 5.41) is 0.606. The third-order valence-electron chi connectivity index (χ3n) is 3.70. The first-order valence-electron chi connectivity index (χ1n) is 7.48. The van der Waals surface area contributed by atoms with E-state index in [1.165, 1.54) is 5.56 Å². The highest BCUT2D eigenvalue weighted by molar-refractivity contribution is 6.31. The predicted octanol–water partition coefficient (Wildman–Crippen LogP) is 3.80. The van der Waals surface area contributed by atoms with Crippen LogP contribution in [0.25, 0.3) is 22.6 Å². The zero-order chi connectivity index (χ0) is 15.5. The van der Waals surface area contributed by atoms with E-state index in [9.17, 15) is 0 Å². The molecule has 0 saturated heterocycles. The molecule has 0 radical (unpaired) electrons. The van der Waals surface area contributed by atoms with Gasteiger partial charge >= 0.3 is 0 Å². The number of imidazole rings is 1. The van der Waals surface area contributed by atoms with Crippen molar-refractivity contribution in [1.29, 1.82) is 0 Å². The van der Waals surface area contributed by atoms with Crippen molar-refractivity contribution in [3.63, 3.8) is 0 Å². The van der Waals surface area contributed by atoms with Gasteiger partial charge in [-0.2, -0.15) is 0 Å². The number of halogens is 1. The zero-order valence-corrected chi connectivity index (χ0v) is 13.3. The lowest BCUT2D eigenvalue weighted by Gasteiger charge is -2.08. The quantitative estimate of drug-likeness (QED) is 0.729. The Kier molecular flexibility index (Phi) is 4.41.